The van der Waals surface area contributed by atoms with Crippen molar-refractivity contribution in [2.24, 2.45) is 0 Å². The van der Waals surface area contributed by atoms with Crippen LogP contribution in [-0.2, 0) is 18.9 Å². The van der Waals surface area contributed by atoms with Gasteiger partial charge < -0.3 is 48.5 Å². The molecule has 2 saturated carbocycles. The summed E-state index contributed by atoms with van der Waals surface area (Å²) < 4.78 is 25.2. The number of methoxy groups -OCH3 is 2. The highest BCUT2D eigenvalue weighted by molar-refractivity contribution is 6.34. The molecular weight excluding hydrogens is 667 g/mol. The molecule has 0 bridgehead atoms. The van der Waals surface area contributed by atoms with Crippen molar-refractivity contribution >= 4 is 45.3 Å². The van der Waals surface area contributed by atoms with Crippen molar-refractivity contribution in [3.05, 3.63) is 47.5 Å². The van der Waals surface area contributed by atoms with E-state index in [1.165, 1.54) is 12.7 Å². The smallest absolute Gasteiger partial charge is 0.164 e. The zero-order chi connectivity index (χ0) is 33.6. The van der Waals surface area contributed by atoms with Gasteiger partial charge >= 0.3 is 0 Å². The molecule has 0 aromatic carbocycles. The van der Waals surface area contributed by atoms with E-state index in [-0.39, 0.29) is 39.5 Å². The molecule has 2 aliphatic carbocycles. The van der Waals surface area contributed by atoms with Crippen LogP contribution in [0.25, 0.3) is 22.1 Å². The lowest BCUT2D eigenvalue weighted by Gasteiger charge is -2.23. The van der Waals surface area contributed by atoms with Crippen LogP contribution in [0.4, 0.5) is 0 Å². The van der Waals surface area contributed by atoms with Gasteiger partial charge in [-0.2, -0.15) is 0 Å². The molecule has 5 heterocycles. The molecule has 268 valence electrons. The summed E-state index contributed by atoms with van der Waals surface area (Å²) in [5.41, 5.74) is 1.33. The van der Waals surface area contributed by atoms with Crippen LogP contribution in [-0.4, -0.2) is 112 Å². The molecule has 3 fully saturated rings. The minimum atomic E-state index is -1.13. The first kappa shape index (κ1) is 39.9. The molecule has 4 aromatic rings. The van der Waals surface area contributed by atoms with Gasteiger partial charge in [0.15, 0.2) is 11.6 Å². The first-order valence-electron chi connectivity index (χ1n) is 14.8. The van der Waals surface area contributed by atoms with Gasteiger partial charge in [0.2, 0.25) is 0 Å². The van der Waals surface area contributed by atoms with Crippen LogP contribution in [0.3, 0.4) is 0 Å². The summed E-state index contributed by atoms with van der Waals surface area (Å²) in [5, 5.41) is 41.6. The van der Waals surface area contributed by atoms with Crippen molar-refractivity contribution in [1.82, 2.24) is 29.1 Å². The van der Waals surface area contributed by atoms with Gasteiger partial charge in [0.25, 0.3) is 0 Å². The highest BCUT2D eigenvalue weighted by Gasteiger charge is 2.54. The monoisotopic (exact) mass is 714 g/mol. The third-order valence-corrected chi connectivity index (χ3v) is 9.25. The first-order chi connectivity index (χ1) is 21.7. The molecule has 3 aliphatic rings. The Bertz CT molecular complexity index is 1650. The summed E-state index contributed by atoms with van der Waals surface area (Å²) in [4.78, 5) is 16.3. The number of hydrogen-bond donors (Lipinski definition) is 4. The third kappa shape index (κ3) is 7.94. The summed E-state index contributed by atoms with van der Waals surface area (Å²) in [5.74, 6) is -1.09. The number of hydrogen-bond acceptors (Lipinski definition) is 12. The zero-order valence-electron chi connectivity index (χ0n) is 26.4. The molecule has 1 aliphatic heterocycles. The van der Waals surface area contributed by atoms with E-state index in [0.29, 0.717) is 27.8 Å². The normalized spacial score (nSPS) is 28.9. The fraction of sp³-hybridized carbons (Fsp3) is 0.625. The summed E-state index contributed by atoms with van der Waals surface area (Å²) in [7, 11) is 3.23. The number of fused-ring (bicyclic) bond motifs is 3. The molecule has 0 amide bonds. The number of aliphatic hydroxyl groups is 4. The number of rotatable bonds is 4. The predicted octanol–water partition coefficient (Wildman–Crippen LogP) is 4.31. The quantitative estimate of drug-likeness (QED) is 0.174. The Morgan fingerprint density at radius 1 is 0.750 bits per heavy atom. The van der Waals surface area contributed by atoms with E-state index < -0.39 is 42.0 Å². The van der Waals surface area contributed by atoms with Crippen LogP contribution in [0.5, 0.6) is 0 Å². The first-order valence-corrected chi connectivity index (χ1v) is 15.6. The second-order valence-electron chi connectivity index (χ2n) is 12.3. The van der Waals surface area contributed by atoms with Crippen molar-refractivity contribution < 1.29 is 39.4 Å². The van der Waals surface area contributed by atoms with Crippen molar-refractivity contribution in [2.75, 3.05) is 14.2 Å². The second kappa shape index (κ2) is 15.6. The summed E-state index contributed by atoms with van der Waals surface area (Å²) in [6.07, 6.45) is 3.13. The van der Waals surface area contributed by atoms with Crippen LogP contribution in [0.2, 0.25) is 10.3 Å². The minimum absolute atomic E-state index is 0. The summed E-state index contributed by atoms with van der Waals surface area (Å²) in [6, 6.07) is 3.19. The minimum Gasteiger partial charge on any atom is -0.390 e. The van der Waals surface area contributed by atoms with E-state index in [0.717, 1.165) is 11.0 Å². The van der Waals surface area contributed by atoms with E-state index in [1.807, 2.05) is 44.5 Å². The highest BCUT2D eigenvalue weighted by Crippen LogP contribution is 2.45. The van der Waals surface area contributed by atoms with Crippen LogP contribution in [0.15, 0.2) is 37.2 Å². The number of aromatic nitrogens is 6. The Balaban J connectivity index is 0.000000213. The van der Waals surface area contributed by atoms with Gasteiger partial charge in [0.1, 0.15) is 58.7 Å². The standard InChI is InChI=1S/C14H16ClN3O3.C11H12ClN3O3.C5H12O2.2CH4/c1-14(2)20-10-8(5-9(19)11(10)21-14)18-4-3-7-12(15)16-6-17-13(7)18;12-10-5-1-2-15(11(5)14-4-13-10)6-3-7(16)9(18)8(6)17;1-5(2,6-3)7-4;;/h3-4,6,8-11,19H,5H2,1-2H3;1-2,4,6-9,16-18H,3H2;1-4H3;2*1H4/t8-,9+,10+,11-;6-,7+,8+,9-;;;/m11.../s1. The zero-order valence-corrected chi connectivity index (χ0v) is 27.9. The second-order valence-corrected chi connectivity index (χ2v) is 13.1. The van der Waals surface area contributed by atoms with Gasteiger partial charge in [-0.15, -0.1) is 0 Å². The SMILES string of the molecule is C.C.CC1(C)O[C@@H]2[C@H](O1)[C@@H](O)C[C@H]2n1ccc2c(Cl)ncnc21.COC(C)(C)OC.O[C@@H]1[C@H](O)[C@@H](O)C[C@H]1n1ccc2c(Cl)ncnc21. The molecular formula is C32H48Cl2N6O8. The maximum absolute atomic E-state index is 10.3. The molecule has 48 heavy (non-hydrogen) atoms. The Hall–Kier alpha value is -2.50. The Labute approximate surface area is 290 Å². The lowest BCUT2D eigenvalue weighted by Crippen LogP contribution is -2.31. The molecule has 14 nitrogen and oxygen atoms in total. The predicted molar refractivity (Wildman–Crippen MR) is 182 cm³/mol. The lowest BCUT2D eigenvalue weighted by molar-refractivity contribution is -0.178. The molecule has 7 rings (SSSR count). The molecule has 0 radical (unpaired) electrons. The van der Waals surface area contributed by atoms with E-state index in [1.54, 1.807) is 31.0 Å². The van der Waals surface area contributed by atoms with Gasteiger partial charge in [-0.25, -0.2) is 19.9 Å². The van der Waals surface area contributed by atoms with Gasteiger partial charge in [-0.1, -0.05) is 38.1 Å². The molecule has 1 saturated heterocycles. The molecule has 0 unspecified atom stereocenters. The van der Waals surface area contributed by atoms with E-state index in [4.69, 9.17) is 42.1 Å². The fourth-order valence-corrected chi connectivity index (χ4v) is 6.34. The average molecular weight is 716 g/mol. The van der Waals surface area contributed by atoms with E-state index >= 15 is 0 Å². The maximum Gasteiger partial charge on any atom is 0.164 e. The van der Waals surface area contributed by atoms with Crippen molar-refractivity contribution in [3.8, 4) is 0 Å². The highest BCUT2D eigenvalue weighted by atomic mass is 35.5. The van der Waals surface area contributed by atoms with Gasteiger partial charge in [0.05, 0.1) is 35.1 Å². The van der Waals surface area contributed by atoms with Gasteiger partial charge in [-0.05, 0) is 52.7 Å². The topological polar surface area (TPSA) is 179 Å². The van der Waals surface area contributed by atoms with Crippen molar-refractivity contribution in [2.45, 2.75) is 116 Å². The van der Waals surface area contributed by atoms with Crippen molar-refractivity contribution in [3.63, 3.8) is 0 Å². The molecule has 4 N–H and O–H groups in total. The summed E-state index contributed by atoms with van der Waals surface area (Å²) in [6.45, 7) is 7.43. The molecule has 8 atom stereocenters. The van der Waals surface area contributed by atoms with Crippen LogP contribution in [0, 0.1) is 0 Å². The number of aliphatic hydroxyl groups excluding tert-OH is 4. The third-order valence-electron chi connectivity index (χ3n) is 8.65. The maximum atomic E-state index is 10.3. The molecule has 16 heteroatoms. The van der Waals surface area contributed by atoms with E-state index in [2.05, 4.69) is 19.9 Å². The summed E-state index contributed by atoms with van der Waals surface area (Å²) >= 11 is 12.0. The molecule has 0 spiro atoms. The Morgan fingerprint density at radius 2 is 1.21 bits per heavy atom. The lowest BCUT2D eigenvalue weighted by atomic mass is 10.2. The fourth-order valence-electron chi connectivity index (χ4n) is 5.96. The average Bonchev–Trinajstić information content (AvgIpc) is 3.82. The number of ether oxygens (including phenoxy) is 4. The number of halogens is 2. The Kier molecular flexibility index (Phi) is 13.0. The van der Waals surface area contributed by atoms with Gasteiger partial charge in [-0.3, -0.25) is 0 Å². The molecule has 4 aromatic heterocycles. The van der Waals surface area contributed by atoms with Crippen LogP contribution >= 0.6 is 23.2 Å². The van der Waals surface area contributed by atoms with Crippen molar-refractivity contribution in [1.29, 1.82) is 0 Å². The van der Waals surface area contributed by atoms with E-state index in [9.17, 15) is 20.4 Å². The van der Waals surface area contributed by atoms with Crippen LogP contribution < -0.4 is 0 Å². The Morgan fingerprint density at radius 3 is 1.65 bits per heavy atom. The van der Waals surface area contributed by atoms with Gasteiger partial charge in [0, 0.05) is 26.6 Å². The largest absolute Gasteiger partial charge is 0.390 e. The van der Waals surface area contributed by atoms with Crippen LogP contribution in [0.1, 0.15) is 67.5 Å². The number of nitrogens with zero attached hydrogens (tertiary/aromatic N) is 6.